The summed E-state index contributed by atoms with van der Waals surface area (Å²) in [6, 6.07) is 7.32. The van der Waals surface area contributed by atoms with Crippen LogP contribution in [0.4, 0.5) is 5.69 Å². The number of nitrogens with two attached hydrogens (primary N) is 1. The van der Waals surface area contributed by atoms with Crippen LogP contribution < -0.4 is 11.1 Å². The molecule has 0 aromatic heterocycles. The van der Waals surface area contributed by atoms with Gasteiger partial charge in [-0.3, -0.25) is 0 Å². The second-order valence-corrected chi connectivity index (χ2v) is 3.93. The number of benzene rings is 1. The Bertz CT molecular complexity index is 362. The quantitative estimate of drug-likeness (QED) is 0.740. The Balaban J connectivity index is 2.73. The lowest BCUT2D eigenvalue weighted by Crippen LogP contribution is -2.22. The average molecular weight is 236 g/mol. The lowest BCUT2D eigenvalue weighted by molar-refractivity contribution is 0.0602. The molecule has 0 amide bonds. The number of methoxy groups -OCH3 is 1. The SMILES string of the molecule is CCC(CN)CNc1ccccc1C(=O)OC. The Morgan fingerprint density at radius 3 is 2.76 bits per heavy atom. The lowest BCUT2D eigenvalue weighted by Gasteiger charge is -2.15. The van der Waals surface area contributed by atoms with Crippen molar-refractivity contribution in [2.24, 2.45) is 11.7 Å². The van der Waals surface area contributed by atoms with Gasteiger partial charge in [-0.25, -0.2) is 4.79 Å². The summed E-state index contributed by atoms with van der Waals surface area (Å²) in [6.07, 6.45) is 1.02. The standard InChI is InChI=1S/C13H20N2O2/c1-3-10(8-14)9-15-12-7-5-4-6-11(12)13(16)17-2/h4-7,10,15H,3,8-9,14H2,1-2H3. The van der Waals surface area contributed by atoms with Gasteiger partial charge in [-0.2, -0.15) is 0 Å². The summed E-state index contributed by atoms with van der Waals surface area (Å²) in [6.45, 7) is 3.51. The molecule has 4 heteroatoms. The van der Waals surface area contributed by atoms with Crippen molar-refractivity contribution in [1.29, 1.82) is 0 Å². The van der Waals surface area contributed by atoms with E-state index in [1.807, 2.05) is 18.2 Å². The molecular weight excluding hydrogens is 216 g/mol. The maximum atomic E-state index is 11.5. The Hall–Kier alpha value is -1.55. The number of ether oxygens (including phenoxy) is 1. The first-order valence-corrected chi connectivity index (χ1v) is 5.84. The van der Waals surface area contributed by atoms with E-state index in [9.17, 15) is 4.79 Å². The Labute approximate surface area is 102 Å². The van der Waals surface area contributed by atoms with E-state index in [4.69, 9.17) is 10.5 Å². The third kappa shape index (κ3) is 3.75. The van der Waals surface area contributed by atoms with Crippen LogP contribution in [0.25, 0.3) is 0 Å². The first kappa shape index (κ1) is 13.5. The highest BCUT2D eigenvalue weighted by Gasteiger charge is 2.11. The molecule has 1 rings (SSSR count). The van der Waals surface area contributed by atoms with E-state index >= 15 is 0 Å². The van der Waals surface area contributed by atoms with E-state index in [0.717, 1.165) is 18.7 Å². The summed E-state index contributed by atoms with van der Waals surface area (Å²) in [5.74, 6) is 0.0922. The van der Waals surface area contributed by atoms with E-state index in [-0.39, 0.29) is 5.97 Å². The van der Waals surface area contributed by atoms with E-state index < -0.39 is 0 Å². The number of nitrogens with one attached hydrogen (secondary N) is 1. The van der Waals surface area contributed by atoms with Crippen molar-refractivity contribution in [2.45, 2.75) is 13.3 Å². The van der Waals surface area contributed by atoms with Crippen LogP contribution in [0.3, 0.4) is 0 Å². The summed E-state index contributed by atoms with van der Waals surface area (Å²) in [7, 11) is 1.38. The number of hydrogen-bond donors (Lipinski definition) is 2. The maximum Gasteiger partial charge on any atom is 0.339 e. The molecule has 0 heterocycles. The van der Waals surface area contributed by atoms with Gasteiger partial charge < -0.3 is 15.8 Å². The molecule has 0 spiro atoms. The molecule has 0 bridgehead atoms. The van der Waals surface area contributed by atoms with Crippen LogP contribution in [0.2, 0.25) is 0 Å². The molecule has 0 saturated carbocycles. The number of esters is 1. The summed E-state index contributed by atoms with van der Waals surface area (Å²) >= 11 is 0. The molecule has 0 saturated heterocycles. The second-order valence-electron chi connectivity index (χ2n) is 3.93. The number of anilines is 1. The number of hydrogen-bond acceptors (Lipinski definition) is 4. The van der Waals surface area contributed by atoms with Gasteiger partial charge in [0.25, 0.3) is 0 Å². The molecule has 1 aromatic carbocycles. The summed E-state index contributed by atoms with van der Waals surface area (Å²) in [4.78, 5) is 11.5. The normalized spacial score (nSPS) is 11.9. The minimum atomic E-state index is -0.325. The molecule has 0 aliphatic carbocycles. The summed E-state index contributed by atoms with van der Waals surface area (Å²) in [5, 5.41) is 3.25. The van der Waals surface area contributed by atoms with E-state index in [1.54, 1.807) is 6.07 Å². The van der Waals surface area contributed by atoms with Gasteiger partial charge in [0.05, 0.1) is 12.7 Å². The van der Waals surface area contributed by atoms with Crippen LogP contribution in [0.15, 0.2) is 24.3 Å². The molecule has 3 N–H and O–H groups in total. The third-order valence-corrected chi connectivity index (χ3v) is 2.82. The molecule has 0 radical (unpaired) electrons. The number of para-hydroxylation sites is 1. The topological polar surface area (TPSA) is 64.3 Å². The molecule has 0 aliphatic heterocycles. The Morgan fingerprint density at radius 2 is 2.18 bits per heavy atom. The van der Waals surface area contributed by atoms with Crippen molar-refractivity contribution in [3.05, 3.63) is 29.8 Å². The molecule has 4 nitrogen and oxygen atoms in total. The van der Waals surface area contributed by atoms with Gasteiger partial charge in [0.1, 0.15) is 0 Å². The highest BCUT2D eigenvalue weighted by molar-refractivity contribution is 5.95. The van der Waals surface area contributed by atoms with Gasteiger partial charge >= 0.3 is 5.97 Å². The average Bonchev–Trinajstić information content (AvgIpc) is 2.39. The predicted molar refractivity (Wildman–Crippen MR) is 69.1 cm³/mol. The van der Waals surface area contributed by atoms with Crippen molar-refractivity contribution in [1.82, 2.24) is 0 Å². The van der Waals surface area contributed by atoms with Crippen LogP contribution in [-0.2, 0) is 4.74 Å². The monoisotopic (exact) mass is 236 g/mol. The van der Waals surface area contributed by atoms with Gasteiger partial charge in [-0.05, 0) is 24.6 Å². The van der Waals surface area contributed by atoms with Crippen molar-refractivity contribution < 1.29 is 9.53 Å². The van der Waals surface area contributed by atoms with Gasteiger partial charge in [0.15, 0.2) is 0 Å². The van der Waals surface area contributed by atoms with Crippen LogP contribution >= 0.6 is 0 Å². The largest absolute Gasteiger partial charge is 0.465 e. The number of rotatable bonds is 6. The summed E-state index contributed by atoms with van der Waals surface area (Å²) < 4.78 is 4.73. The van der Waals surface area contributed by atoms with E-state index in [0.29, 0.717) is 18.0 Å². The van der Waals surface area contributed by atoms with E-state index in [1.165, 1.54) is 7.11 Å². The van der Waals surface area contributed by atoms with Crippen molar-refractivity contribution in [3.63, 3.8) is 0 Å². The molecule has 17 heavy (non-hydrogen) atoms. The highest BCUT2D eigenvalue weighted by atomic mass is 16.5. The zero-order valence-electron chi connectivity index (χ0n) is 10.4. The fourth-order valence-electron chi connectivity index (χ4n) is 1.57. The Kier molecular flexibility index (Phi) is 5.49. The maximum absolute atomic E-state index is 11.5. The van der Waals surface area contributed by atoms with Crippen LogP contribution in [0, 0.1) is 5.92 Å². The molecule has 0 fully saturated rings. The fourth-order valence-corrected chi connectivity index (χ4v) is 1.57. The zero-order valence-corrected chi connectivity index (χ0v) is 10.4. The number of carbonyl (C=O) groups is 1. The predicted octanol–water partition coefficient (Wildman–Crippen LogP) is 1.87. The van der Waals surface area contributed by atoms with Crippen molar-refractivity contribution >= 4 is 11.7 Å². The van der Waals surface area contributed by atoms with Gasteiger partial charge in [-0.1, -0.05) is 25.5 Å². The van der Waals surface area contributed by atoms with Crippen molar-refractivity contribution in [2.75, 3.05) is 25.5 Å². The van der Waals surface area contributed by atoms with Crippen molar-refractivity contribution in [3.8, 4) is 0 Å². The molecule has 1 aromatic rings. The first-order valence-electron chi connectivity index (χ1n) is 5.84. The molecule has 0 aliphatic rings. The van der Waals surface area contributed by atoms with Crippen LogP contribution in [0.5, 0.6) is 0 Å². The minimum absolute atomic E-state index is 0.325. The van der Waals surface area contributed by atoms with Gasteiger partial charge in [-0.15, -0.1) is 0 Å². The summed E-state index contributed by atoms with van der Waals surface area (Å²) in [5.41, 5.74) is 6.99. The van der Waals surface area contributed by atoms with E-state index in [2.05, 4.69) is 12.2 Å². The minimum Gasteiger partial charge on any atom is -0.465 e. The highest BCUT2D eigenvalue weighted by Crippen LogP contribution is 2.16. The van der Waals surface area contributed by atoms with Crippen LogP contribution in [0.1, 0.15) is 23.7 Å². The first-order chi connectivity index (χ1) is 8.22. The number of carbonyl (C=O) groups excluding carboxylic acids is 1. The lowest BCUT2D eigenvalue weighted by atomic mass is 10.1. The van der Waals surface area contributed by atoms with Gasteiger partial charge in [0, 0.05) is 12.2 Å². The smallest absolute Gasteiger partial charge is 0.339 e. The molecule has 94 valence electrons. The fraction of sp³-hybridized carbons (Fsp3) is 0.462. The molecule has 1 atom stereocenters. The third-order valence-electron chi connectivity index (χ3n) is 2.82. The van der Waals surface area contributed by atoms with Gasteiger partial charge in [0.2, 0.25) is 0 Å². The molecule has 1 unspecified atom stereocenters. The van der Waals surface area contributed by atoms with Crippen LogP contribution in [-0.4, -0.2) is 26.2 Å². The molecular formula is C13H20N2O2. The second kappa shape index (κ2) is 6.91. The zero-order chi connectivity index (χ0) is 12.7. The Morgan fingerprint density at radius 1 is 1.47 bits per heavy atom.